The van der Waals surface area contributed by atoms with Crippen molar-refractivity contribution in [2.45, 2.75) is 33.9 Å². The van der Waals surface area contributed by atoms with Crippen LogP contribution in [0.2, 0.25) is 5.02 Å². The number of aryl methyl sites for hydroxylation is 3. The summed E-state index contributed by atoms with van der Waals surface area (Å²) >= 11 is 6.07. The normalized spacial score (nSPS) is 10.8. The van der Waals surface area contributed by atoms with Gasteiger partial charge in [0.2, 0.25) is 0 Å². The Kier molecular flexibility index (Phi) is 6.12. The maximum atomic E-state index is 12.8. The Labute approximate surface area is 170 Å². The van der Waals surface area contributed by atoms with Crippen molar-refractivity contribution in [2.24, 2.45) is 5.73 Å². The van der Waals surface area contributed by atoms with Gasteiger partial charge >= 0.3 is 0 Å². The minimum Gasteiger partial charge on any atom is -0.348 e. The Morgan fingerprint density at radius 3 is 2.29 bits per heavy atom. The lowest BCUT2D eigenvalue weighted by Crippen LogP contribution is -2.23. The number of halogens is 1. The minimum atomic E-state index is -0.133. The molecule has 28 heavy (non-hydrogen) atoms. The molecule has 1 amide bonds. The molecule has 0 fully saturated rings. The molecule has 3 aromatic rings. The number of carbonyl (C=O) groups is 1. The van der Waals surface area contributed by atoms with Crippen molar-refractivity contribution < 1.29 is 4.79 Å². The van der Waals surface area contributed by atoms with Crippen LogP contribution < -0.4 is 11.1 Å². The summed E-state index contributed by atoms with van der Waals surface area (Å²) in [6.45, 7) is 6.68. The van der Waals surface area contributed by atoms with Crippen molar-refractivity contribution in [1.29, 1.82) is 0 Å². The fourth-order valence-corrected chi connectivity index (χ4v) is 3.33. The molecule has 0 aliphatic carbocycles. The SMILES string of the molecule is Cc1cc(-c2cc(CN)cc(C(=O)NCc3ccc(Cl)c(C)c3)c2)cc(C)n1. The van der Waals surface area contributed by atoms with Crippen LogP contribution in [0.4, 0.5) is 0 Å². The molecule has 0 atom stereocenters. The fourth-order valence-electron chi connectivity index (χ4n) is 3.21. The van der Waals surface area contributed by atoms with Crippen molar-refractivity contribution in [1.82, 2.24) is 10.3 Å². The third-order valence-electron chi connectivity index (χ3n) is 4.58. The number of nitrogens with zero attached hydrogens (tertiary/aromatic N) is 1. The zero-order valence-corrected chi connectivity index (χ0v) is 17.1. The van der Waals surface area contributed by atoms with Gasteiger partial charge in [-0.05, 0) is 85.0 Å². The van der Waals surface area contributed by atoms with Crippen LogP contribution in [0.3, 0.4) is 0 Å². The molecule has 0 bridgehead atoms. The van der Waals surface area contributed by atoms with Crippen molar-refractivity contribution in [3.8, 4) is 11.1 Å². The highest BCUT2D eigenvalue weighted by Crippen LogP contribution is 2.24. The first-order valence-electron chi connectivity index (χ1n) is 9.18. The van der Waals surface area contributed by atoms with Crippen molar-refractivity contribution in [3.05, 3.63) is 87.2 Å². The number of pyridine rings is 1. The van der Waals surface area contributed by atoms with E-state index in [-0.39, 0.29) is 5.91 Å². The Morgan fingerprint density at radius 1 is 0.964 bits per heavy atom. The highest BCUT2D eigenvalue weighted by atomic mass is 35.5. The van der Waals surface area contributed by atoms with E-state index in [0.29, 0.717) is 18.7 Å². The molecule has 0 unspecified atom stereocenters. The van der Waals surface area contributed by atoms with E-state index in [9.17, 15) is 4.79 Å². The second kappa shape index (κ2) is 8.55. The molecular weight excluding hydrogens is 370 g/mol. The van der Waals surface area contributed by atoms with E-state index in [0.717, 1.165) is 44.2 Å². The van der Waals surface area contributed by atoms with Gasteiger partial charge in [-0.15, -0.1) is 0 Å². The topological polar surface area (TPSA) is 68.0 Å². The lowest BCUT2D eigenvalue weighted by Gasteiger charge is -2.11. The minimum absolute atomic E-state index is 0.133. The number of benzene rings is 2. The van der Waals surface area contributed by atoms with Gasteiger partial charge in [-0.2, -0.15) is 0 Å². The Balaban J connectivity index is 1.86. The third kappa shape index (κ3) is 4.77. The Hall–Kier alpha value is -2.69. The number of rotatable bonds is 5. The first-order chi connectivity index (χ1) is 13.4. The summed E-state index contributed by atoms with van der Waals surface area (Å²) in [5.41, 5.74) is 13.2. The molecule has 0 aliphatic rings. The van der Waals surface area contributed by atoms with Crippen molar-refractivity contribution in [2.75, 3.05) is 0 Å². The van der Waals surface area contributed by atoms with Crippen LogP contribution in [0.25, 0.3) is 11.1 Å². The first-order valence-corrected chi connectivity index (χ1v) is 9.56. The molecule has 3 N–H and O–H groups in total. The van der Waals surface area contributed by atoms with E-state index in [1.165, 1.54) is 0 Å². The maximum absolute atomic E-state index is 12.8. The number of nitrogens with one attached hydrogen (secondary N) is 1. The Bertz CT molecular complexity index is 1010. The van der Waals surface area contributed by atoms with E-state index < -0.39 is 0 Å². The summed E-state index contributed by atoms with van der Waals surface area (Å²) in [7, 11) is 0. The summed E-state index contributed by atoms with van der Waals surface area (Å²) in [4.78, 5) is 17.2. The maximum Gasteiger partial charge on any atom is 0.251 e. The van der Waals surface area contributed by atoms with Crippen LogP contribution in [0.5, 0.6) is 0 Å². The van der Waals surface area contributed by atoms with Crippen LogP contribution in [0, 0.1) is 20.8 Å². The van der Waals surface area contributed by atoms with Crippen LogP contribution in [0.1, 0.15) is 38.4 Å². The van der Waals surface area contributed by atoms with Gasteiger partial charge in [0.25, 0.3) is 5.91 Å². The number of carbonyl (C=O) groups excluding carboxylic acids is 1. The number of aromatic nitrogens is 1. The smallest absolute Gasteiger partial charge is 0.251 e. The van der Waals surface area contributed by atoms with Gasteiger partial charge in [0, 0.05) is 35.1 Å². The van der Waals surface area contributed by atoms with Gasteiger partial charge in [0.05, 0.1) is 0 Å². The number of nitrogens with two attached hydrogens (primary N) is 1. The van der Waals surface area contributed by atoms with Gasteiger partial charge in [0.15, 0.2) is 0 Å². The molecule has 3 rings (SSSR count). The zero-order chi connectivity index (χ0) is 20.3. The van der Waals surface area contributed by atoms with Gasteiger partial charge < -0.3 is 11.1 Å². The van der Waals surface area contributed by atoms with Crippen LogP contribution in [-0.2, 0) is 13.1 Å². The highest BCUT2D eigenvalue weighted by Gasteiger charge is 2.11. The lowest BCUT2D eigenvalue weighted by atomic mass is 9.98. The summed E-state index contributed by atoms with van der Waals surface area (Å²) in [6.07, 6.45) is 0. The Morgan fingerprint density at radius 2 is 1.64 bits per heavy atom. The third-order valence-corrected chi connectivity index (χ3v) is 5.01. The molecule has 1 aromatic heterocycles. The number of amides is 1. The average Bonchev–Trinajstić information content (AvgIpc) is 2.67. The highest BCUT2D eigenvalue weighted by molar-refractivity contribution is 6.31. The molecule has 0 aliphatic heterocycles. The monoisotopic (exact) mass is 393 g/mol. The van der Waals surface area contributed by atoms with Crippen molar-refractivity contribution >= 4 is 17.5 Å². The van der Waals surface area contributed by atoms with Crippen molar-refractivity contribution in [3.63, 3.8) is 0 Å². The summed E-state index contributed by atoms with van der Waals surface area (Å²) in [5, 5.41) is 3.70. The van der Waals surface area contributed by atoms with Gasteiger partial charge in [0.1, 0.15) is 0 Å². The van der Waals surface area contributed by atoms with E-state index in [1.54, 1.807) is 0 Å². The molecule has 0 saturated heterocycles. The largest absolute Gasteiger partial charge is 0.348 e. The molecule has 144 valence electrons. The predicted octanol–water partition coefficient (Wildman–Crippen LogP) is 4.72. The first kappa shape index (κ1) is 20.1. The molecule has 5 heteroatoms. The second-order valence-corrected chi connectivity index (χ2v) is 7.43. The molecule has 4 nitrogen and oxygen atoms in total. The molecule has 0 radical (unpaired) electrons. The zero-order valence-electron chi connectivity index (χ0n) is 16.3. The number of hydrogen-bond donors (Lipinski definition) is 2. The molecule has 0 spiro atoms. The second-order valence-electron chi connectivity index (χ2n) is 7.03. The van der Waals surface area contributed by atoms with Crippen LogP contribution in [-0.4, -0.2) is 10.9 Å². The van der Waals surface area contributed by atoms with Crippen LogP contribution in [0.15, 0.2) is 48.5 Å². The molecule has 1 heterocycles. The lowest BCUT2D eigenvalue weighted by molar-refractivity contribution is 0.0951. The van der Waals surface area contributed by atoms with Crippen LogP contribution >= 0.6 is 11.6 Å². The van der Waals surface area contributed by atoms with E-state index >= 15 is 0 Å². The van der Waals surface area contributed by atoms with Gasteiger partial charge in [-0.1, -0.05) is 23.7 Å². The average molecular weight is 394 g/mol. The standard InChI is InChI=1S/C23H24ClN3O/c1-14-6-17(4-5-22(14)24)13-26-23(28)21-10-18(12-25)9-20(11-21)19-7-15(2)27-16(3)8-19/h4-11H,12-13,25H2,1-3H3,(H,26,28). The summed E-state index contributed by atoms with van der Waals surface area (Å²) in [6, 6.07) is 15.5. The predicted molar refractivity (Wildman–Crippen MR) is 114 cm³/mol. The quantitative estimate of drug-likeness (QED) is 0.659. The molecule has 0 saturated carbocycles. The molecule has 2 aromatic carbocycles. The van der Waals surface area contributed by atoms with E-state index in [4.69, 9.17) is 17.3 Å². The van der Waals surface area contributed by atoms with E-state index in [2.05, 4.69) is 10.3 Å². The van der Waals surface area contributed by atoms with Gasteiger partial charge in [-0.3, -0.25) is 9.78 Å². The number of hydrogen-bond acceptors (Lipinski definition) is 3. The van der Waals surface area contributed by atoms with E-state index in [1.807, 2.05) is 69.3 Å². The summed E-state index contributed by atoms with van der Waals surface area (Å²) < 4.78 is 0. The molecular formula is C23H24ClN3O. The fraction of sp³-hybridized carbons (Fsp3) is 0.217. The summed E-state index contributed by atoms with van der Waals surface area (Å²) in [5.74, 6) is -0.133. The van der Waals surface area contributed by atoms with Gasteiger partial charge in [-0.25, -0.2) is 0 Å².